The van der Waals surface area contributed by atoms with Crippen molar-refractivity contribution >= 4 is 22.2 Å². The summed E-state index contributed by atoms with van der Waals surface area (Å²) in [7, 11) is 0. The van der Waals surface area contributed by atoms with Crippen LogP contribution in [0.1, 0.15) is 17.3 Å². The van der Waals surface area contributed by atoms with Crippen molar-refractivity contribution in [1.82, 2.24) is 0 Å². The van der Waals surface area contributed by atoms with Crippen molar-refractivity contribution in [2.24, 2.45) is 0 Å². The van der Waals surface area contributed by atoms with Crippen molar-refractivity contribution in [2.75, 3.05) is 6.61 Å². The lowest BCUT2D eigenvalue weighted by molar-refractivity contribution is 0.112. The number of hydrogen-bond acceptors (Lipinski definition) is 2. The van der Waals surface area contributed by atoms with Gasteiger partial charge in [-0.05, 0) is 28.9 Å². The Morgan fingerprint density at radius 3 is 2.92 bits per heavy atom. The van der Waals surface area contributed by atoms with Gasteiger partial charge < -0.3 is 4.74 Å². The van der Waals surface area contributed by atoms with Gasteiger partial charge in [0.25, 0.3) is 0 Å². The smallest absolute Gasteiger partial charge is 0.151 e. The lowest BCUT2D eigenvalue weighted by Crippen LogP contribution is -1.94. The van der Waals surface area contributed by atoms with Gasteiger partial charge >= 0.3 is 0 Å². The summed E-state index contributed by atoms with van der Waals surface area (Å²) < 4.78 is 6.00. The molecule has 1 aromatic carbocycles. The fourth-order valence-corrected chi connectivity index (χ4v) is 1.36. The van der Waals surface area contributed by atoms with E-state index in [1.165, 1.54) is 0 Å². The maximum Gasteiger partial charge on any atom is 0.151 e. The molecule has 0 heterocycles. The first-order chi connectivity index (χ1) is 5.79. The number of hydrogen-bond donors (Lipinski definition) is 0. The first kappa shape index (κ1) is 9.26. The van der Waals surface area contributed by atoms with Gasteiger partial charge in [-0.15, -0.1) is 0 Å². The van der Waals surface area contributed by atoms with Crippen LogP contribution in [0.25, 0.3) is 0 Å². The van der Waals surface area contributed by atoms with Crippen LogP contribution < -0.4 is 4.74 Å². The topological polar surface area (TPSA) is 26.3 Å². The Hall–Kier alpha value is -0.830. The van der Waals surface area contributed by atoms with Crippen LogP contribution in [0.3, 0.4) is 0 Å². The second-order valence-corrected chi connectivity index (χ2v) is 3.00. The molecule has 0 spiro atoms. The molecular formula is C9H9BrO2. The minimum absolute atomic E-state index is 0.598. The number of ether oxygens (including phenoxy) is 1. The highest BCUT2D eigenvalue weighted by Gasteiger charge is 2.03. The maximum absolute atomic E-state index is 10.5. The van der Waals surface area contributed by atoms with Gasteiger partial charge in [0.05, 0.1) is 11.1 Å². The fraction of sp³-hybridized carbons (Fsp3) is 0.222. The lowest BCUT2D eigenvalue weighted by atomic mass is 10.2. The van der Waals surface area contributed by atoms with Crippen molar-refractivity contribution in [3.8, 4) is 5.75 Å². The molecule has 2 nitrogen and oxygen atoms in total. The molecule has 0 atom stereocenters. The van der Waals surface area contributed by atoms with E-state index in [-0.39, 0.29) is 0 Å². The summed E-state index contributed by atoms with van der Waals surface area (Å²) in [5, 5.41) is 0. The third-order valence-electron chi connectivity index (χ3n) is 1.42. The first-order valence-electron chi connectivity index (χ1n) is 3.66. The first-order valence-corrected chi connectivity index (χ1v) is 4.45. The number of carbonyl (C=O) groups excluding carboxylic acids is 1. The summed E-state index contributed by atoms with van der Waals surface area (Å²) >= 11 is 3.29. The average molecular weight is 229 g/mol. The number of rotatable bonds is 3. The predicted molar refractivity (Wildman–Crippen MR) is 50.7 cm³/mol. The van der Waals surface area contributed by atoms with Crippen molar-refractivity contribution in [3.63, 3.8) is 0 Å². The van der Waals surface area contributed by atoms with Gasteiger partial charge in [0, 0.05) is 5.56 Å². The molecule has 0 saturated heterocycles. The van der Waals surface area contributed by atoms with Gasteiger partial charge in [-0.2, -0.15) is 0 Å². The maximum atomic E-state index is 10.5. The highest BCUT2D eigenvalue weighted by atomic mass is 79.9. The van der Waals surface area contributed by atoms with Crippen molar-refractivity contribution in [2.45, 2.75) is 6.92 Å². The molecule has 0 bridgehead atoms. The monoisotopic (exact) mass is 228 g/mol. The molecule has 3 heteroatoms. The van der Waals surface area contributed by atoms with Crippen molar-refractivity contribution < 1.29 is 9.53 Å². The van der Waals surface area contributed by atoms with Gasteiger partial charge in [0.15, 0.2) is 6.29 Å². The zero-order chi connectivity index (χ0) is 8.97. The second-order valence-electron chi connectivity index (χ2n) is 2.21. The quantitative estimate of drug-likeness (QED) is 0.744. The summed E-state index contributed by atoms with van der Waals surface area (Å²) in [5.74, 6) is 0.710. The molecule has 0 amide bonds. The molecule has 1 rings (SSSR count). The molecule has 0 aromatic heterocycles. The molecule has 64 valence electrons. The summed E-state index contributed by atoms with van der Waals surface area (Å²) in [6, 6.07) is 5.35. The molecule has 0 radical (unpaired) electrons. The molecule has 0 unspecified atom stereocenters. The Morgan fingerprint density at radius 1 is 1.58 bits per heavy atom. The largest absolute Gasteiger partial charge is 0.493 e. The van der Waals surface area contributed by atoms with E-state index in [4.69, 9.17) is 4.74 Å². The Labute approximate surface area is 79.7 Å². The molecule has 0 N–H and O–H groups in total. The van der Waals surface area contributed by atoms with Crippen molar-refractivity contribution in [1.29, 1.82) is 0 Å². The predicted octanol–water partition coefficient (Wildman–Crippen LogP) is 2.66. The molecule has 0 fully saturated rings. The Morgan fingerprint density at radius 2 is 2.33 bits per heavy atom. The van der Waals surface area contributed by atoms with Gasteiger partial charge in [0.2, 0.25) is 0 Å². The molecule has 0 aliphatic heterocycles. The molecule has 0 saturated carbocycles. The van der Waals surface area contributed by atoms with Crippen LogP contribution in [-0.4, -0.2) is 12.9 Å². The average Bonchev–Trinajstić information content (AvgIpc) is 2.09. The lowest BCUT2D eigenvalue weighted by Gasteiger charge is -2.05. The molecule has 0 aliphatic carbocycles. The summed E-state index contributed by atoms with van der Waals surface area (Å²) in [6.45, 7) is 2.50. The molecular weight excluding hydrogens is 220 g/mol. The van der Waals surface area contributed by atoms with Crippen LogP contribution in [-0.2, 0) is 0 Å². The van der Waals surface area contributed by atoms with E-state index in [9.17, 15) is 4.79 Å². The second kappa shape index (κ2) is 4.26. The minimum Gasteiger partial charge on any atom is -0.493 e. The summed E-state index contributed by atoms with van der Waals surface area (Å²) in [5.41, 5.74) is 0.612. The van der Waals surface area contributed by atoms with Gasteiger partial charge in [0.1, 0.15) is 5.75 Å². The summed E-state index contributed by atoms with van der Waals surface area (Å²) in [6.07, 6.45) is 0.798. The molecule has 12 heavy (non-hydrogen) atoms. The number of aldehydes is 1. The third-order valence-corrected chi connectivity index (χ3v) is 2.27. The van der Waals surface area contributed by atoms with Crippen LogP contribution in [0.4, 0.5) is 0 Å². The van der Waals surface area contributed by atoms with Gasteiger partial charge in [-0.25, -0.2) is 0 Å². The Balaban J connectivity index is 3.04. The van der Waals surface area contributed by atoms with E-state index in [0.29, 0.717) is 17.9 Å². The standard InChI is InChI=1S/C9H9BrO2/c1-2-12-8-5-3-4-7(6-11)9(8)10/h3-6H,2H2,1H3. The Kier molecular flexibility index (Phi) is 3.29. The zero-order valence-corrected chi connectivity index (χ0v) is 8.30. The number of benzene rings is 1. The number of halogens is 1. The SMILES string of the molecule is CCOc1cccc(C=O)c1Br. The molecule has 1 aromatic rings. The number of carbonyl (C=O) groups is 1. The van der Waals surface area contributed by atoms with E-state index in [2.05, 4.69) is 15.9 Å². The van der Waals surface area contributed by atoms with E-state index in [1.54, 1.807) is 12.1 Å². The minimum atomic E-state index is 0.598. The van der Waals surface area contributed by atoms with Crippen LogP contribution in [0, 0.1) is 0 Å². The zero-order valence-electron chi connectivity index (χ0n) is 6.71. The van der Waals surface area contributed by atoms with E-state index in [0.717, 1.165) is 10.8 Å². The normalized spacial score (nSPS) is 9.50. The van der Waals surface area contributed by atoms with Crippen LogP contribution in [0.2, 0.25) is 0 Å². The highest BCUT2D eigenvalue weighted by Crippen LogP contribution is 2.27. The third kappa shape index (κ3) is 1.85. The van der Waals surface area contributed by atoms with Crippen LogP contribution >= 0.6 is 15.9 Å². The van der Waals surface area contributed by atoms with Crippen LogP contribution in [0.15, 0.2) is 22.7 Å². The van der Waals surface area contributed by atoms with Crippen molar-refractivity contribution in [3.05, 3.63) is 28.2 Å². The van der Waals surface area contributed by atoms with E-state index >= 15 is 0 Å². The summed E-state index contributed by atoms with van der Waals surface area (Å²) in [4.78, 5) is 10.5. The van der Waals surface area contributed by atoms with Gasteiger partial charge in [-0.1, -0.05) is 12.1 Å². The van der Waals surface area contributed by atoms with E-state index in [1.807, 2.05) is 13.0 Å². The van der Waals surface area contributed by atoms with Crippen LogP contribution in [0.5, 0.6) is 5.75 Å². The Bertz CT molecular complexity index is 284. The molecule has 0 aliphatic rings. The van der Waals surface area contributed by atoms with E-state index < -0.39 is 0 Å². The fourth-order valence-electron chi connectivity index (χ4n) is 0.886. The highest BCUT2D eigenvalue weighted by molar-refractivity contribution is 9.10. The van der Waals surface area contributed by atoms with Gasteiger partial charge in [-0.3, -0.25) is 4.79 Å².